The molecule has 0 radical (unpaired) electrons. The predicted octanol–water partition coefficient (Wildman–Crippen LogP) is 5.69. The van der Waals surface area contributed by atoms with E-state index in [9.17, 15) is 0 Å². The predicted molar refractivity (Wildman–Crippen MR) is 116 cm³/mol. The van der Waals surface area contributed by atoms with Crippen molar-refractivity contribution in [3.05, 3.63) is 76.8 Å². The molecule has 0 unspecified atom stereocenters. The largest absolute Gasteiger partial charge is 0.459 e. The van der Waals surface area contributed by atoms with Gasteiger partial charge in [-0.1, -0.05) is 30.7 Å². The smallest absolute Gasteiger partial charge is 0.170 e. The first-order valence-electron chi connectivity index (χ1n) is 9.43. The minimum Gasteiger partial charge on any atom is -0.459 e. The number of benzene rings is 1. The molecule has 4 rings (SSSR count). The molecule has 2 atom stereocenters. The lowest BCUT2D eigenvalue weighted by atomic mass is 10.0. The molecule has 1 fully saturated rings. The van der Waals surface area contributed by atoms with Gasteiger partial charge in [-0.15, -0.1) is 0 Å². The van der Waals surface area contributed by atoms with E-state index in [-0.39, 0.29) is 12.1 Å². The highest BCUT2D eigenvalue weighted by Crippen LogP contribution is 2.41. The molecule has 3 heterocycles. The fourth-order valence-corrected chi connectivity index (χ4v) is 4.22. The summed E-state index contributed by atoms with van der Waals surface area (Å²) >= 11 is 11.8. The number of nitrogens with one attached hydrogen (secondary N) is 1. The van der Waals surface area contributed by atoms with Crippen molar-refractivity contribution < 1.29 is 4.42 Å². The maximum absolute atomic E-state index is 6.34. The molecule has 3 aromatic rings. The van der Waals surface area contributed by atoms with Gasteiger partial charge in [0.15, 0.2) is 5.11 Å². The summed E-state index contributed by atoms with van der Waals surface area (Å²) in [5.41, 5.74) is 3.08. The SMILES string of the molecule is CCCN1C(=S)N[C@@H](c2ccccn2)[C@H]1c1ccc(-c2cc(Cl)ccc2C)o1. The molecule has 0 aliphatic carbocycles. The van der Waals surface area contributed by atoms with E-state index in [1.807, 2.05) is 54.7 Å². The van der Waals surface area contributed by atoms with Gasteiger partial charge in [-0.3, -0.25) is 4.98 Å². The van der Waals surface area contributed by atoms with Gasteiger partial charge in [0.05, 0.1) is 11.7 Å². The number of furan rings is 1. The second-order valence-corrected chi connectivity index (χ2v) is 7.80. The zero-order valence-electron chi connectivity index (χ0n) is 15.9. The highest BCUT2D eigenvalue weighted by atomic mass is 35.5. The van der Waals surface area contributed by atoms with E-state index >= 15 is 0 Å². The van der Waals surface area contributed by atoms with Crippen molar-refractivity contribution in [1.29, 1.82) is 0 Å². The van der Waals surface area contributed by atoms with Crippen LogP contribution >= 0.6 is 23.8 Å². The normalized spacial score (nSPS) is 19.1. The molecular weight excluding hydrogens is 390 g/mol. The Kier molecular flexibility index (Phi) is 5.38. The number of halogens is 1. The van der Waals surface area contributed by atoms with Crippen molar-refractivity contribution in [3.8, 4) is 11.3 Å². The molecule has 0 bridgehead atoms. The molecule has 0 amide bonds. The number of aryl methyl sites for hydroxylation is 1. The molecular formula is C22H22ClN3OS. The molecule has 0 spiro atoms. The average molecular weight is 412 g/mol. The van der Waals surface area contributed by atoms with E-state index in [4.69, 9.17) is 28.2 Å². The van der Waals surface area contributed by atoms with Crippen molar-refractivity contribution >= 4 is 28.9 Å². The van der Waals surface area contributed by atoms with Gasteiger partial charge in [0.1, 0.15) is 17.6 Å². The van der Waals surface area contributed by atoms with Crippen LogP contribution in [0.2, 0.25) is 5.02 Å². The van der Waals surface area contributed by atoms with Gasteiger partial charge in [0, 0.05) is 23.3 Å². The number of hydrogen-bond donors (Lipinski definition) is 1. The third-order valence-electron chi connectivity index (χ3n) is 5.05. The minimum absolute atomic E-state index is 0.0457. The molecule has 1 aliphatic heterocycles. The lowest BCUT2D eigenvalue weighted by Gasteiger charge is -2.25. The van der Waals surface area contributed by atoms with Crippen LogP contribution in [0.1, 0.15) is 42.4 Å². The van der Waals surface area contributed by atoms with Gasteiger partial charge < -0.3 is 14.6 Å². The topological polar surface area (TPSA) is 41.3 Å². The monoisotopic (exact) mass is 411 g/mol. The summed E-state index contributed by atoms with van der Waals surface area (Å²) in [6, 6.07) is 15.7. The maximum Gasteiger partial charge on any atom is 0.170 e. The van der Waals surface area contributed by atoms with E-state index in [2.05, 4.69) is 29.0 Å². The molecule has 0 saturated carbocycles. The Balaban J connectivity index is 1.75. The van der Waals surface area contributed by atoms with E-state index in [0.717, 1.165) is 46.4 Å². The van der Waals surface area contributed by atoms with E-state index in [1.165, 1.54) is 0 Å². The third-order valence-corrected chi connectivity index (χ3v) is 5.63. The van der Waals surface area contributed by atoms with Crippen LogP contribution in [0.15, 0.2) is 59.1 Å². The van der Waals surface area contributed by atoms with Crippen molar-refractivity contribution in [2.45, 2.75) is 32.4 Å². The lowest BCUT2D eigenvalue weighted by molar-refractivity contribution is 0.275. The number of aromatic nitrogens is 1. The van der Waals surface area contributed by atoms with Crippen LogP contribution in [-0.4, -0.2) is 21.5 Å². The summed E-state index contributed by atoms with van der Waals surface area (Å²) in [6.45, 7) is 5.06. The summed E-state index contributed by atoms with van der Waals surface area (Å²) in [5, 5.41) is 4.87. The molecule has 1 aromatic carbocycles. The van der Waals surface area contributed by atoms with Crippen LogP contribution in [0, 0.1) is 6.92 Å². The van der Waals surface area contributed by atoms with Crippen molar-refractivity contribution in [3.63, 3.8) is 0 Å². The zero-order valence-corrected chi connectivity index (χ0v) is 17.4. The molecule has 1 aliphatic rings. The van der Waals surface area contributed by atoms with Crippen LogP contribution in [0.5, 0.6) is 0 Å². The van der Waals surface area contributed by atoms with E-state index < -0.39 is 0 Å². The van der Waals surface area contributed by atoms with Gasteiger partial charge >= 0.3 is 0 Å². The molecule has 28 heavy (non-hydrogen) atoms. The second-order valence-electron chi connectivity index (χ2n) is 6.98. The van der Waals surface area contributed by atoms with Gasteiger partial charge in [-0.25, -0.2) is 0 Å². The first-order chi connectivity index (χ1) is 13.6. The molecule has 4 nitrogen and oxygen atoms in total. The fraction of sp³-hybridized carbons (Fsp3) is 0.273. The van der Waals surface area contributed by atoms with Gasteiger partial charge in [-0.05, 0) is 67.5 Å². The van der Waals surface area contributed by atoms with Crippen LogP contribution in [-0.2, 0) is 0 Å². The average Bonchev–Trinajstić information content (AvgIpc) is 3.30. The molecule has 2 aromatic heterocycles. The Morgan fingerprint density at radius 3 is 2.82 bits per heavy atom. The quantitative estimate of drug-likeness (QED) is 0.546. The maximum atomic E-state index is 6.34. The summed E-state index contributed by atoms with van der Waals surface area (Å²) in [7, 11) is 0. The highest BCUT2D eigenvalue weighted by Gasteiger charge is 2.41. The summed E-state index contributed by atoms with van der Waals surface area (Å²) in [4.78, 5) is 6.74. The van der Waals surface area contributed by atoms with E-state index in [0.29, 0.717) is 5.02 Å². The third kappa shape index (κ3) is 3.52. The number of rotatable bonds is 5. The number of nitrogens with zero attached hydrogens (tertiary/aromatic N) is 2. The van der Waals surface area contributed by atoms with Gasteiger partial charge in [0.2, 0.25) is 0 Å². The number of pyridine rings is 1. The summed E-state index contributed by atoms with van der Waals surface area (Å²) in [5.74, 6) is 1.68. The first-order valence-corrected chi connectivity index (χ1v) is 10.2. The summed E-state index contributed by atoms with van der Waals surface area (Å²) < 4.78 is 6.34. The van der Waals surface area contributed by atoms with Crippen LogP contribution in [0.3, 0.4) is 0 Å². The standard InChI is InChI=1S/C22H22ClN3OS/c1-3-12-26-21(20(25-22(26)28)17-6-4-5-11-24-17)19-10-9-18(27-19)16-13-15(23)8-7-14(16)2/h4-11,13,20-21H,3,12H2,1-2H3,(H,25,28)/t20-,21+/m0/s1. The Morgan fingerprint density at radius 2 is 2.07 bits per heavy atom. The Morgan fingerprint density at radius 1 is 1.21 bits per heavy atom. The lowest BCUT2D eigenvalue weighted by Crippen LogP contribution is -2.30. The fourth-order valence-electron chi connectivity index (χ4n) is 3.71. The van der Waals surface area contributed by atoms with Crippen LogP contribution in [0.4, 0.5) is 0 Å². The molecule has 1 N–H and O–H groups in total. The highest BCUT2D eigenvalue weighted by molar-refractivity contribution is 7.80. The zero-order chi connectivity index (χ0) is 19.7. The van der Waals surface area contributed by atoms with Crippen LogP contribution < -0.4 is 5.32 Å². The number of thiocarbonyl (C=S) groups is 1. The molecule has 6 heteroatoms. The van der Waals surface area contributed by atoms with Gasteiger partial charge in [-0.2, -0.15) is 0 Å². The Hall–Kier alpha value is -2.37. The summed E-state index contributed by atoms with van der Waals surface area (Å²) in [6.07, 6.45) is 2.80. The number of hydrogen-bond acceptors (Lipinski definition) is 3. The van der Waals surface area contributed by atoms with Crippen molar-refractivity contribution in [2.24, 2.45) is 0 Å². The van der Waals surface area contributed by atoms with Crippen molar-refractivity contribution in [2.75, 3.05) is 6.54 Å². The van der Waals surface area contributed by atoms with Crippen molar-refractivity contribution in [1.82, 2.24) is 15.2 Å². The minimum atomic E-state index is -0.0558. The molecule has 144 valence electrons. The molecule has 1 saturated heterocycles. The van der Waals surface area contributed by atoms with E-state index in [1.54, 1.807) is 0 Å². The van der Waals surface area contributed by atoms with Gasteiger partial charge in [0.25, 0.3) is 0 Å². The Labute approximate surface area is 175 Å². The second kappa shape index (κ2) is 7.94. The first kappa shape index (κ1) is 19.0. The Bertz CT molecular complexity index is 988. The van der Waals surface area contributed by atoms with Crippen LogP contribution in [0.25, 0.3) is 11.3 Å².